The standard InChI is InChI=1S/C10H7BrN6O2S/c1-16-10(14-7(18)8(19)15-16)20-9-6-12-2-3-17(6)4-5(11)13-9/h2-4H,1H3,(H,15,19). The molecule has 0 bridgehead atoms. The van der Waals surface area contributed by atoms with Gasteiger partial charge in [-0.25, -0.2) is 9.97 Å². The first-order valence-electron chi connectivity index (χ1n) is 5.39. The van der Waals surface area contributed by atoms with Crippen molar-refractivity contribution in [3.05, 3.63) is 43.9 Å². The molecule has 20 heavy (non-hydrogen) atoms. The number of H-pyrrole nitrogens is 1. The molecule has 0 aromatic carbocycles. The molecule has 0 aliphatic carbocycles. The zero-order valence-corrected chi connectivity index (χ0v) is 12.5. The summed E-state index contributed by atoms with van der Waals surface area (Å²) in [6, 6.07) is 0. The zero-order valence-electron chi connectivity index (χ0n) is 10.1. The number of halogens is 1. The van der Waals surface area contributed by atoms with Crippen LogP contribution in [0.1, 0.15) is 0 Å². The van der Waals surface area contributed by atoms with E-state index in [1.54, 1.807) is 30.0 Å². The molecule has 0 aliphatic rings. The van der Waals surface area contributed by atoms with Crippen molar-refractivity contribution in [2.24, 2.45) is 7.05 Å². The number of rotatable bonds is 2. The van der Waals surface area contributed by atoms with Crippen molar-refractivity contribution in [1.82, 2.24) is 29.1 Å². The predicted molar refractivity (Wildman–Crippen MR) is 74.9 cm³/mol. The number of imidazole rings is 1. The van der Waals surface area contributed by atoms with E-state index in [0.717, 1.165) is 11.8 Å². The lowest BCUT2D eigenvalue weighted by Crippen LogP contribution is -2.33. The minimum atomic E-state index is -0.833. The molecular formula is C10H7BrN6O2S. The Morgan fingerprint density at radius 3 is 2.95 bits per heavy atom. The summed E-state index contributed by atoms with van der Waals surface area (Å²) in [5.41, 5.74) is -0.955. The van der Waals surface area contributed by atoms with E-state index >= 15 is 0 Å². The van der Waals surface area contributed by atoms with E-state index < -0.39 is 11.1 Å². The summed E-state index contributed by atoms with van der Waals surface area (Å²) in [6.45, 7) is 0. The molecule has 3 aromatic rings. The highest BCUT2D eigenvalue weighted by Gasteiger charge is 2.12. The summed E-state index contributed by atoms with van der Waals surface area (Å²) in [5, 5.41) is 3.27. The molecule has 0 fully saturated rings. The molecule has 10 heteroatoms. The Hall–Kier alpha value is -1.94. The van der Waals surface area contributed by atoms with Crippen LogP contribution in [-0.4, -0.2) is 29.1 Å². The van der Waals surface area contributed by atoms with Crippen LogP contribution in [0.15, 0.2) is 43.0 Å². The van der Waals surface area contributed by atoms with Crippen LogP contribution in [0, 0.1) is 0 Å². The number of hydrogen-bond donors (Lipinski definition) is 1. The molecule has 3 aromatic heterocycles. The third kappa shape index (κ3) is 2.27. The van der Waals surface area contributed by atoms with Crippen LogP contribution < -0.4 is 11.1 Å². The lowest BCUT2D eigenvalue weighted by atomic mass is 10.7. The number of hydrogen-bond acceptors (Lipinski definition) is 6. The van der Waals surface area contributed by atoms with Crippen LogP contribution in [0.4, 0.5) is 0 Å². The van der Waals surface area contributed by atoms with Gasteiger partial charge in [-0.3, -0.25) is 19.4 Å². The van der Waals surface area contributed by atoms with Gasteiger partial charge in [0.25, 0.3) is 0 Å². The molecule has 0 atom stereocenters. The maximum Gasteiger partial charge on any atom is 0.339 e. The fraction of sp³-hybridized carbons (Fsp3) is 0.100. The van der Waals surface area contributed by atoms with Gasteiger partial charge in [-0.1, -0.05) is 0 Å². The molecule has 8 nitrogen and oxygen atoms in total. The number of aryl methyl sites for hydroxylation is 1. The van der Waals surface area contributed by atoms with Crippen LogP contribution in [0.3, 0.4) is 0 Å². The summed E-state index contributed by atoms with van der Waals surface area (Å²) >= 11 is 4.45. The third-order valence-electron chi connectivity index (χ3n) is 2.45. The van der Waals surface area contributed by atoms with Crippen molar-refractivity contribution in [2.75, 3.05) is 0 Å². The molecule has 0 amide bonds. The first kappa shape index (κ1) is 13.1. The van der Waals surface area contributed by atoms with Gasteiger partial charge >= 0.3 is 11.1 Å². The van der Waals surface area contributed by atoms with Crippen LogP contribution in [0.5, 0.6) is 0 Å². The van der Waals surface area contributed by atoms with Crippen molar-refractivity contribution < 1.29 is 0 Å². The van der Waals surface area contributed by atoms with Crippen molar-refractivity contribution in [3.8, 4) is 0 Å². The fourth-order valence-corrected chi connectivity index (χ4v) is 2.97. The molecule has 0 saturated heterocycles. The minimum absolute atomic E-state index is 0.324. The fourth-order valence-electron chi connectivity index (χ4n) is 1.58. The second-order valence-electron chi connectivity index (χ2n) is 3.83. The second kappa shape index (κ2) is 4.87. The third-order valence-corrected chi connectivity index (χ3v) is 3.85. The average Bonchev–Trinajstić information content (AvgIpc) is 2.84. The smallest absolute Gasteiger partial charge is 0.302 e. The minimum Gasteiger partial charge on any atom is -0.302 e. The SMILES string of the molecule is Cn1[nH]c(=O)c(=O)nc1Sc1nc(Br)cn2ccnc12. The summed E-state index contributed by atoms with van der Waals surface area (Å²) in [4.78, 5) is 34.7. The Kier molecular flexibility index (Phi) is 3.18. The predicted octanol–water partition coefficient (Wildman–Crippen LogP) is 0.425. The topological polar surface area (TPSA) is 97.9 Å². The summed E-state index contributed by atoms with van der Waals surface area (Å²) in [6.07, 6.45) is 5.20. The lowest BCUT2D eigenvalue weighted by Gasteiger charge is -2.06. The number of nitrogens with zero attached hydrogens (tertiary/aromatic N) is 5. The van der Waals surface area contributed by atoms with Crippen LogP contribution in [0.25, 0.3) is 5.65 Å². The highest BCUT2D eigenvalue weighted by atomic mass is 79.9. The van der Waals surface area contributed by atoms with Gasteiger partial charge in [0.05, 0.1) is 0 Å². The Labute approximate surface area is 124 Å². The monoisotopic (exact) mass is 354 g/mol. The molecule has 0 spiro atoms. The maximum atomic E-state index is 11.3. The Bertz CT molecular complexity index is 914. The average molecular weight is 355 g/mol. The second-order valence-corrected chi connectivity index (χ2v) is 5.60. The highest BCUT2D eigenvalue weighted by Crippen LogP contribution is 2.27. The van der Waals surface area contributed by atoms with Crippen molar-refractivity contribution in [1.29, 1.82) is 0 Å². The zero-order chi connectivity index (χ0) is 14.3. The van der Waals surface area contributed by atoms with Gasteiger partial charge in [0.15, 0.2) is 10.8 Å². The maximum absolute atomic E-state index is 11.3. The van der Waals surface area contributed by atoms with E-state index in [1.165, 1.54) is 4.68 Å². The molecule has 3 heterocycles. The van der Waals surface area contributed by atoms with Crippen molar-refractivity contribution in [2.45, 2.75) is 10.2 Å². The first-order valence-corrected chi connectivity index (χ1v) is 7.00. The van der Waals surface area contributed by atoms with Crippen LogP contribution in [0.2, 0.25) is 0 Å². The molecule has 1 N–H and O–H groups in total. The summed E-state index contributed by atoms with van der Waals surface area (Å²) < 4.78 is 3.79. The molecule has 102 valence electrons. The van der Waals surface area contributed by atoms with E-state index in [1.807, 2.05) is 0 Å². The molecule has 0 radical (unpaired) electrons. The number of aromatic amines is 1. The van der Waals surface area contributed by atoms with Gasteiger partial charge in [-0.05, 0) is 27.7 Å². The van der Waals surface area contributed by atoms with Gasteiger partial charge in [0, 0.05) is 25.6 Å². The quantitative estimate of drug-likeness (QED) is 0.670. The van der Waals surface area contributed by atoms with Gasteiger partial charge < -0.3 is 4.40 Å². The Balaban J connectivity index is 2.14. The van der Waals surface area contributed by atoms with Crippen LogP contribution >= 0.6 is 27.7 Å². The van der Waals surface area contributed by atoms with Crippen LogP contribution in [-0.2, 0) is 7.05 Å². The van der Waals surface area contributed by atoms with E-state index in [9.17, 15) is 9.59 Å². The Morgan fingerprint density at radius 1 is 1.35 bits per heavy atom. The van der Waals surface area contributed by atoms with E-state index in [2.05, 4.69) is 36.0 Å². The lowest BCUT2D eigenvalue weighted by molar-refractivity contribution is 0.596. The van der Waals surface area contributed by atoms with Crippen molar-refractivity contribution in [3.63, 3.8) is 0 Å². The van der Waals surface area contributed by atoms with Gasteiger partial charge in [-0.15, -0.1) is 0 Å². The molecule has 0 aliphatic heterocycles. The van der Waals surface area contributed by atoms with E-state index in [-0.39, 0.29) is 0 Å². The highest BCUT2D eigenvalue weighted by molar-refractivity contribution is 9.10. The van der Waals surface area contributed by atoms with E-state index in [0.29, 0.717) is 20.4 Å². The van der Waals surface area contributed by atoms with Gasteiger partial charge in [-0.2, -0.15) is 4.98 Å². The summed E-state index contributed by atoms with van der Waals surface area (Å²) in [7, 11) is 1.59. The Morgan fingerprint density at radius 2 is 2.15 bits per heavy atom. The van der Waals surface area contributed by atoms with Gasteiger partial charge in [0.2, 0.25) is 0 Å². The van der Waals surface area contributed by atoms with Gasteiger partial charge in [0.1, 0.15) is 9.63 Å². The normalized spacial score (nSPS) is 11.1. The molecular weight excluding hydrogens is 348 g/mol. The number of aromatic nitrogens is 6. The number of nitrogens with one attached hydrogen (secondary N) is 1. The largest absolute Gasteiger partial charge is 0.339 e. The van der Waals surface area contributed by atoms with E-state index in [4.69, 9.17) is 0 Å². The van der Waals surface area contributed by atoms with Crippen molar-refractivity contribution >= 4 is 33.3 Å². The first-order chi connectivity index (χ1) is 9.54. The number of fused-ring (bicyclic) bond motifs is 1. The molecule has 0 saturated carbocycles. The molecule has 0 unspecified atom stereocenters. The summed E-state index contributed by atoms with van der Waals surface area (Å²) in [5.74, 6) is 0. The molecule has 3 rings (SSSR count).